The number of ether oxygens (including phenoxy) is 1. The Morgan fingerprint density at radius 3 is 2.74 bits per heavy atom. The van der Waals surface area contributed by atoms with Crippen molar-refractivity contribution in [3.63, 3.8) is 0 Å². The number of benzene rings is 2. The largest absolute Gasteiger partial charge is 0.482 e. The summed E-state index contributed by atoms with van der Waals surface area (Å²) < 4.78 is 7.22. The zero-order valence-corrected chi connectivity index (χ0v) is 11.5. The van der Waals surface area contributed by atoms with Crippen molar-refractivity contribution in [2.24, 2.45) is 0 Å². The summed E-state index contributed by atoms with van der Waals surface area (Å²) in [5, 5.41) is 1.10. The maximum Gasteiger partial charge on any atom is 0.187 e. The van der Waals surface area contributed by atoms with Crippen molar-refractivity contribution in [1.29, 1.82) is 0 Å². The van der Waals surface area contributed by atoms with Crippen LogP contribution in [0, 0.1) is 0 Å². The van der Waals surface area contributed by atoms with E-state index in [1.807, 2.05) is 38.1 Å². The minimum absolute atomic E-state index is 0.0824. The van der Waals surface area contributed by atoms with Crippen LogP contribution in [0.1, 0.15) is 19.4 Å². The van der Waals surface area contributed by atoms with E-state index in [9.17, 15) is 4.79 Å². The molecule has 0 spiro atoms. The molecule has 94 valence electrons. The molecule has 0 amide bonds. The van der Waals surface area contributed by atoms with Crippen molar-refractivity contribution < 1.29 is 4.74 Å². The second-order valence-electron chi connectivity index (χ2n) is 5.35. The predicted octanol–water partition coefficient (Wildman–Crippen LogP) is 3.99. The van der Waals surface area contributed by atoms with Crippen molar-refractivity contribution in [1.82, 2.24) is 0 Å². The Hall–Kier alpha value is -1.87. The number of hydrogen-bond donors (Lipinski definition) is 0. The fraction of sp³-hybridized carbons (Fsp3) is 0.188. The summed E-state index contributed by atoms with van der Waals surface area (Å²) in [4.78, 5) is 13.3. The van der Waals surface area contributed by atoms with E-state index in [0.717, 1.165) is 27.1 Å². The van der Waals surface area contributed by atoms with Crippen LogP contribution in [-0.4, -0.2) is 0 Å². The summed E-state index contributed by atoms with van der Waals surface area (Å²) in [7, 11) is 0. The maximum atomic E-state index is 12.3. The lowest BCUT2D eigenvalue weighted by Crippen LogP contribution is -2.23. The van der Waals surface area contributed by atoms with Crippen molar-refractivity contribution in [3.8, 4) is 16.2 Å². The van der Waals surface area contributed by atoms with Gasteiger partial charge >= 0.3 is 0 Å². The third-order valence-electron chi connectivity index (χ3n) is 3.66. The molecule has 0 saturated heterocycles. The quantitative estimate of drug-likeness (QED) is 0.576. The van der Waals surface area contributed by atoms with E-state index in [1.165, 1.54) is 4.70 Å². The molecule has 1 aliphatic carbocycles. The normalized spacial score (nSPS) is 15.9. The molecule has 2 aliphatic heterocycles. The summed E-state index contributed by atoms with van der Waals surface area (Å²) >= 11 is 1.65. The molecule has 19 heavy (non-hydrogen) atoms. The maximum absolute atomic E-state index is 12.3. The van der Waals surface area contributed by atoms with E-state index in [2.05, 4.69) is 6.07 Å². The first-order valence-electron chi connectivity index (χ1n) is 6.26. The molecular formula is C16H12O2S. The molecule has 0 N–H and O–H groups in total. The number of hydrogen-bond acceptors (Lipinski definition) is 3. The third kappa shape index (κ3) is 1.33. The van der Waals surface area contributed by atoms with Gasteiger partial charge in [0.2, 0.25) is 0 Å². The lowest BCUT2D eigenvalue weighted by Gasteiger charge is -2.22. The summed E-state index contributed by atoms with van der Waals surface area (Å²) in [5.74, 6) is 0.888. The van der Waals surface area contributed by atoms with Crippen LogP contribution < -0.4 is 10.2 Å². The first kappa shape index (κ1) is 11.0. The number of rotatable bonds is 0. The van der Waals surface area contributed by atoms with Gasteiger partial charge in [-0.15, -0.1) is 11.3 Å². The van der Waals surface area contributed by atoms with Crippen molar-refractivity contribution in [2.45, 2.75) is 19.4 Å². The van der Waals surface area contributed by atoms with Gasteiger partial charge in [0.05, 0.1) is 0 Å². The van der Waals surface area contributed by atoms with Crippen LogP contribution in [0.25, 0.3) is 20.5 Å². The van der Waals surface area contributed by atoms with Gasteiger partial charge in [-0.05, 0) is 38.1 Å². The van der Waals surface area contributed by atoms with Gasteiger partial charge in [0.15, 0.2) is 5.43 Å². The second-order valence-corrected chi connectivity index (χ2v) is 6.43. The zero-order chi connectivity index (χ0) is 13.2. The van der Waals surface area contributed by atoms with Crippen LogP contribution in [-0.2, 0) is 5.60 Å². The molecule has 0 saturated carbocycles. The minimum atomic E-state index is -0.450. The van der Waals surface area contributed by atoms with Gasteiger partial charge in [-0.25, -0.2) is 0 Å². The fourth-order valence-corrected chi connectivity index (χ4v) is 4.08. The molecule has 0 bridgehead atoms. The van der Waals surface area contributed by atoms with E-state index >= 15 is 0 Å². The highest BCUT2D eigenvalue weighted by molar-refractivity contribution is 7.21. The Bertz CT molecular complexity index is 845. The Morgan fingerprint density at radius 2 is 1.89 bits per heavy atom. The first-order valence-corrected chi connectivity index (χ1v) is 7.08. The molecule has 1 aromatic carbocycles. The molecule has 0 aromatic heterocycles. The van der Waals surface area contributed by atoms with Crippen LogP contribution in [0.4, 0.5) is 0 Å². The van der Waals surface area contributed by atoms with Gasteiger partial charge < -0.3 is 4.74 Å². The van der Waals surface area contributed by atoms with Crippen LogP contribution in [0.2, 0.25) is 0 Å². The summed E-state index contributed by atoms with van der Waals surface area (Å²) in [6.45, 7) is 4.05. The SMILES string of the molecule is CC1(C)Oc2cccc3sc4cccc(=O)c-4c1c23. The Kier molecular flexibility index (Phi) is 1.95. The van der Waals surface area contributed by atoms with Gasteiger partial charge in [-0.2, -0.15) is 0 Å². The summed E-state index contributed by atoms with van der Waals surface area (Å²) in [6, 6.07) is 11.5. The standard InChI is InChI=1S/C16H12O2S/c1-16(2)15-13-9(17)5-3-7-11(13)19-12-8-4-6-10(18-16)14(12)15/h3-8H,1-2H3. The van der Waals surface area contributed by atoms with Gasteiger partial charge in [0.1, 0.15) is 11.4 Å². The second kappa shape index (κ2) is 3.36. The lowest BCUT2D eigenvalue weighted by molar-refractivity contribution is 0.126. The van der Waals surface area contributed by atoms with E-state index in [0.29, 0.717) is 0 Å². The monoisotopic (exact) mass is 268 g/mol. The molecular weight excluding hydrogens is 256 g/mol. The first-order chi connectivity index (χ1) is 9.08. The topological polar surface area (TPSA) is 26.3 Å². The molecule has 3 heteroatoms. The summed E-state index contributed by atoms with van der Waals surface area (Å²) in [5.41, 5.74) is 1.49. The average Bonchev–Trinajstić information content (AvgIpc) is 2.63. The molecule has 0 radical (unpaired) electrons. The highest BCUT2D eigenvalue weighted by Gasteiger charge is 2.37. The van der Waals surface area contributed by atoms with E-state index in [4.69, 9.17) is 4.74 Å². The van der Waals surface area contributed by atoms with Crippen molar-refractivity contribution in [2.75, 3.05) is 0 Å². The Labute approximate surface area is 114 Å². The van der Waals surface area contributed by atoms with Crippen LogP contribution >= 0.6 is 11.3 Å². The molecule has 3 aliphatic rings. The molecule has 4 rings (SSSR count). The average molecular weight is 268 g/mol. The van der Waals surface area contributed by atoms with Gasteiger partial charge in [0.25, 0.3) is 0 Å². The lowest BCUT2D eigenvalue weighted by atomic mass is 9.91. The van der Waals surface area contributed by atoms with Gasteiger partial charge in [-0.1, -0.05) is 12.1 Å². The predicted molar refractivity (Wildman–Crippen MR) is 78.4 cm³/mol. The smallest absolute Gasteiger partial charge is 0.187 e. The van der Waals surface area contributed by atoms with Crippen molar-refractivity contribution in [3.05, 3.63) is 52.2 Å². The fourth-order valence-electron chi connectivity index (χ4n) is 2.94. The van der Waals surface area contributed by atoms with E-state index < -0.39 is 5.60 Å². The van der Waals surface area contributed by atoms with Gasteiger partial charge in [-0.3, -0.25) is 4.79 Å². The highest BCUT2D eigenvalue weighted by Crippen LogP contribution is 2.50. The van der Waals surface area contributed by atoms with E-state index in [-0.39, 0.29) is 5.43 Å². The Balaban J connectivity index is 2.35. The van der Waals surface area contributed by atoms with Crippen LogP contribution in [0.3, 0.4) is 0 Å². The zero-order valence-electron chi connectivity index (χ0n) is 10.7. The molecule has 2 heterocycles. The Morgan fingerprint density at radius 1 is 1.11 bits per heavy atom. The molecule has 0 atom stereocenters. The van der Waals surface area contributed by atoms with Crippen LogP contribution in [0.5, 0.6) is 5.75 Å². The minimum Gasteiger partial charge on any atom is -0.482 e. The molecule has 0 unspecified atom stereocenters. The van der Waals surface area contributed by atoms with Crippen molar-refractivity contribution >= 4 is 21.4 Å². The highest BCUT2D eigenvalue weighted by atomic mass is 32.1. The number of fused-ring (bicyclic) bond motifs is 2. The molecule has 2 nitrogen and oxygen atoms in total. The van der Waals surface area contributed by atoms with Gasteiger partial charge in [0, 0.05) is 26.1 Å². The molecule has 0 fully saturated rings. The summed E-state index contributed by atoms with van der Waals surface area (Å²) in [6.07, 6.45) is 0. The van der Waals surface area contributed by atoms with Crippen LogP contribution in [0.15, 0.2) is 41.2 Å². The van der Waals surface area contributed by atoms with E-state index in [1.54, 1.807) is 17.4 Å². The third-order valence-corrected chi connectivity index (χ3v) is 4.78. The molecule has 1 aromatic rings.